The molecule has 7 heteroatoms. The molecule has 1 atom stereocenters. The summed E-state index contributed by atoms with van der Waals surface area (Å²) in [5.74, 6) is -0.836. The minimum absolute atomic E-state index is 0.0446. The molecule has 20 heavy (non-hydrogen) atoms. The molecule has 1 heterocycles. The Morgan fingerprint density at radius 3 is 2.90 bits per heavy atom. The summed E-state index contributed by atoms with van der Waals surface area (Å²) >= 11 is 5.74. The zero-order valence-corrected chi connectivity index (χ0v) is 11.4. The number of carbonyl (C=O) groups is 2. The molecule has 1 unspecified atom stereocenters. The molecule has 1 aromatic rings. The van der Waals surface area contributed by atoms with Crippen molar-refractivity contribution in [3.63, 3.8) is 0 Å². The lowest BCUT2D eigenvalue weighted by Crippen LogP contribution is -2.33. The van der Waals surface area contributed by atoms with Crippen LogP contribution in [-0.2, 0) is 4.74 Å². The Hall–Kier alpha value is -1.79. The third-order valence-electron chi connectivity index (χ3n) is 3.04. The lowest BCUT2D eigenvalue weighted by atomic mass is 10.1. The van der Waals surface area contributed by atoms with Crippen LogP contribution in [0.4, 0.5) is 10.5 Å². The van der Waals surface area contributed by atoms with Gasteiger partial charge in [-0.25, -0.2) is 9.59 Å². The van der Waals surface area contributed by atoms with Gasteiger partial charge >= 0.3 is 12.0 Å². The minimum atomic E-state index is -1.15. The molecule has 0 aromatic heterocycles. The number of anilines is 1. The number of nitrogens with one attached hydrogen (secondary N) is 2. The molecule has 0 aliphatic carbocycles. The number of carbonyl (C=O) groups excluding carboxylic acids is 1. The summed E-state index contributed by atoms with van der Waals surface area (Å²) in [7, 11) is 0. The molecule has 1 aliphatic heterocycles. The highest BCUT2D eigenvalue weighted by Gasteiger charge is 2.17. The van der Waals surface area contributed by atoms with Crippen molar-refractivity contribution in [2.75, 3.05) is 25.1 Å². The summed E-state index contributed by atoms with van der Waals surface area (Å²) < 4.78 is 5.21. The van der Waals surface area contributed by atoms with Gasteiger partial charge in [0.15, 0.2) is 0 Å². The average molecular weight is 299 g/mol. The average Bonchev–Trinajstić information content (AvgIpc) is 2.91. The van der Waals surface area contributed by atoms with Gasteiger partial charge in [0.25, 0.3) is 0 Å². The largest absolute Gasteiger partial charge is 0.478 e. The molecule has 2 rings (SSSR count). The number of aromatic carboxylic acids is 1. The van der Waals surface area contributed by atoms with Gasteiger partial charge < -0.3 is 20.5 Å². The number of halogens is 1. The van der Waals surface area contributed by atoms with Crippen molar-refractivity contribution in [2.24, 2.45) is 5.92 Å². The van der Waals surface area contributed by atoms with E-state index in [0.29, 0.717) is 30.7 Å². The van der Waals surface area contributed by atoms with Crippen molar-refractivity contribution in [3.05, 3.63) is 28.8 Å². The molecule has 2 amide bonds. The third-order valence-corrected chi connectivity index (χ3v) is 3.27. The SMILES string of the molecule is O=C(NCC1CCOC1)Nc1ccc(Cl)cc1C(=O)O. The van der Waals surface area contributed by atoms with E-state index in [1.807, 2.05) is 0 Å². The predicted molar refractivity (Wildman–Crippen MR) is 74.4 cm³/mol. The Labute approximate surface area is 121 Å². The lowest BCUT2D eigenvalue weighted by molar-refractivity contribution is 0.0698. The molecule has 0 spiro atoms. The summed E-state index contributed by atoms with van der Waals surface area (Å²) in [6, 6.07) is 3.84. The van der Waals surface area contributed by atoms with Gasteiger partial charge in [-0.05, 0) is 24.6 Å². The molecular formula is C13H15ClN2O4. The van der Waals surface area contributed by atoms with Crippen molar-refractivity contribution < 1.29 is 19.4 Å². The van der Waals surface area contributed by atoms with Gasteiger partial charge in [-0.3, -0.25) is 0 Å². The van der Waals surface area contributed by atoms with Crippen LogP contribution in [0.1, 0.15) is 16.8 Å². The van der Waals surface area contributed by atoms with Gasteiger partial charge in [0.05, 0.1) is 17.9 Å². The van der Waals surface area contributed by atoms with Gasteiger partial charge in [-0.2, -0.15) is 0 Å². The smallest absolute Gasteiger partial charge is 0.337 e. The molecule has 0 bridgehead atoms. The summed E-state index contributed by atoms with van der Waals surface area (Å²) in [6.45, 7) is 1.86. The van der Waals surface area contributed by atoms with Crippen LogP contribution in [0.15, 0.2) is 18.2 Å². The molecule has 3 N–H and O–H groups in total. The summed E-state index contributed by atoms with van der Waals surface area (Å²) in [6.07, 6.45) is 0.918. The van der Waals surface area contributed by atoms with Crippen LogP contribution in [0.2, 0.25) is 5.02 Å². The maximum atomic E-state index is 11.7. The van der Waals surface area contributed by atoms with Gasteiger partial charge in [0.1, 0.15) is 0 Å². The zero-order valence-electron chi connectivity index (χ0n) is 10.7. The first kappa shape index (κ1) is 14.6. The monoisotopic (exact) mass is 298 g/mol. The van der Waals surface area contributed by atoms with Crippen molar-refractivity contribution in [1.82, 2.24) is 5.32 Å². The maximum Gasteiger partial charge on any atom is 0.337 e. The van der Waals surface area contributed by atoms with Crippen LogP contribution >= 0.6 is 11.6 Å². The first-order valence-corrected chi connectivity index (χ1v) is 6.59. The van der Waals surface area contributed by atoms with Gasteiger partial charge in [-0.15, -0.1) is 0 Å². The second-order valence-corrected chi connectivity index (χ2v) is 5.00. The maximum absolute atomic E-state index is 11.7. The Morgan fingerprint density at radius 1 is 1.45 bits per heavy atom. The molecule has 1 saturated heterocycles. The molecule has 1 aromatic carbocycles. The van der Waals surface area contributed by atoms with E-state index in [-0.39, 0.29) is 11.3 Å². The van der Waals surface area contributed by atoms with Crippen LogP contribution in [0.3, 0.4) is 0 Å². The van der Waals surface area contributed by atoms with E-state index in [4.69, 9.17) is 21.4 Å². The molecule has 1 fully saturated rings. The van der Waals surface area contributed by atoms with Crippen molar-refractivity contribution >= 4 is 29.3 Å². The van der Waals surface area contributed by atoms with Gasteiger partial charge in [-0.1, -0.05) is 11.6 Å². The van der Waals surface area contributed by atoms with E-state index in [0.717, 1.165) is 6.42 Å². The normalized spacial score (nSPS) is 17.8. The summed E-state index contributed by atoms with van der Waals surface area (Å²) in [5, 5.41) is 14.6. The van der Waals surface area contributed by atoms with Crippen LogP contribution in [0.5, 0.6) is 0 Å². The third kappa shape index (κ3) is 3.85. The standard InChI is InChI=1S/C13H15ClN2O4/c14-9-1-2-11(10(5-9)12(17)18)16-13(19)15-6-8-3-4-20-7-8/h1-2,5,8H,3-4,6-7H2,(H,17,18)(H2,15,16,19). The van der Waals surface area contributed by atoms with E-state index in [2.05, 4.69) is 10.6 Å². The van der Waals surface area contributed by atoms with Crippen molar-refractivity contribution in [2.45, 2.75) is 6.42 Å². The molecule has 108 valence electrons. The number of carboxylic acids is 1. The molecule has 0 saturated carbocycles. The fourth-order valence-corrected chi connectivity index (χ4v) is 2.12. The number of carboxylic acid groups (broad SMARTS) is 1. The molecule has 1 aliphatic rings. The van der Waals surface area contributed by atoms with Gasteiger partial charge in [0.2, 0.25) is 0 Å². The topological polar surface area (TPSA) is 87.7 Å². The number of amides is 2. The van der Waals surface area contributed by atoms with E-state index >= 15 is 0 Å². The number of hydrogen-bond acceptors (Lipinski definition) is 3. The Bertz CT molecular complexity index is 515. The molecular weight excluding hydrogens is 284 g/mol. The Morgan fingerprint density at radius 2 is 2.25 bits per heavy atom. The van der Waals surface area contributed by atoms with Crippen molar-refractivity contribution in [3.8, 4) is 0 Å². The Kier molecular flexibility index (Phi) is 4.81. The lowest BCUT2D eigenvalue weighted by Gasteiger charge is -2.12. The number of benzene rings is 1. The predicted octanol–water partition coefficient (Wildman–Crippen LogP) is 2.20. The summed E-state index contributed by atoms with van der Waals surface area (Å²) in [5.41, 5.74) is 0.166. The number of hydrogen-bond donors (Lipinski definition) is 3. The van der Waals surface area contributed by atoms with E-state index in [9.17, 15) is 9.59 Å². The van der Waals surface area contributed by atoms with Crippen LogP contribution in [-0.4, -0.2) is 36.9 Å². The highest BCUT2D eigenvalue weighted by molar-refractivity contribution is 6.31. The van der Waals surface area contributed by atoms with Crippen LogP contribution < -0.4 is 10.6 Å². The molecule has 0 radical (unpaired) electrons. The second-order valence-electron chi connectivity index (χ2n) is 4.56. The first-order valence-electron chi connectivity index (χ1n) is 6.21. The van der Waals surface area contributed by atoms with Crippen molar-refractivity contribution in [1.29, 1.82) is 0 Å². The second kappa shape index (κ2) is 6.58. The fourth-order valence-electron chi connectivity index (χ4n) is 1.95. The zero-order chi connectivity index (χ0) is 14.5. The highest BCUT2D eigenvalue weighted by atomic mass is 35.5. The fraction of sp³-hybridized carbons (Fsp3) is 0.385. The number of urea groups is 1. The molecule has 6 nitrogen and oxygen atoms in total. The van der Waals surface area contributed by atoms with E-state index < -0.39 is 12.0 Å². The minimum Gasteiger partial charge on any atom is -0.478 e. The van der Waals surface area contributed by atoms with E-state index in [1.54, 1.807) is 0 Å². The number of rotatable bonds is 4. The van der Waals surface area contributed by atoms with Gasteiger partial charge in [0, 0.05) is 24.1 Å². The number of ether oxygens (including phenoxy) is 1. The summed E-state index contributed by atoms with van der Waals surface area (Å²) in [4.78, 5) is 22.8. The highest BCUT2D eigenvalue weighted by Crippen LogP contribution is 2.20. The van der Waals surface area contributed by atoms with E-state index in [1.165, 1.54) is 18.2 Å². The van der Waals surface area contributed by atoms with Crippen LogP contribution in [0.25, 0.3) is 0 Å². The van der Waals surface area contributed by atoms with Crippen LogP contribution in [0, 0.1) is 5.92 Å². The quantitative estimate of drug-likeness (QED) is 0.795. The first-order chi connectivity index (χ1) is 9.56. The Balaban J connectivity index is 1.94.